The van der Waals surface area contributed by atoms with Crippen molar-refractivity contribution in [1.82, 2.24) is 10.3 Å². The number of pyridine rings is 1. The number of aliphatic hydroxyl groups is 2. The molecule has 0 saturated carbocycles. The molecule has 0 saturated heterocycles. The Balaban J connectivity index is 2.70. The summed E-state index contributed by atoms with van der Waals surface area (Å²) < 4.78 is 0. The summed E-state index contributed by atoms with van der Waals surface area (Å²) in [4.78, 5) is 14.4. The van der Waals surface area contributed by atoms with Crippen LogP contribution < -0.4 is 5.32 Å². The molecule has 1 aromatic heterocycles. The fourth-order valence-corrected chi connectivity index (χ4v) is 1.46. The number of aliphatic hydroxyl groups excluding tert-OH is 2. The van der Waals surface area contributed by atoms with Crippen LogP contribution in [-0.2, 0) is 4.79 Å². The number of hydrogen-bond acceptors (Lipinski definition) is 4. The Morgan fingerprint density at radius 1 is 1.53 bits per heavy atom. The third kappa shape index (κ3) is 4.12. The first-order valence-corrected chi connectivity index (χ1v) is 5.59. The fraction of sp³-hybridized carbons (Fsp3) is 0.400. The van der Waals surface area contributed by atoms with Crippen molar-refractivity contribution in [3.63, 3.8) is 0 Å². The van der Waals surface area contributed by atoms with E-state index in [2.05, 4.69) is 10.3 Å². The Hall–Kier alpha value is -0.880. The highest BCUT2D eigenvalue weighted by atomic mass is 35.5. The molecule has 0 spiro atoms. The van der Waals surface area contributed by atoms with Crippen LogP contribution in [0, 0.1) is 0 Å². The first-order valence-electron chi connectivity index (χ1n) is 4.83. The van der Waals surface area contributed by atoms with Crippen LogP contribution in [0.5, 0.6) is 0 Å². The van der Waals surface area contributed by atoms with Crippen LogP contribution in [0.4, 0.5) is 0 Å². The summed E-state index contributed by atoms with van der Waals surface area (Å²) in [5.74, 6) is -0.288. The van der Waals surface area contributed by atoms with Crippen molar-refractivity contribution < 1.29 is 15.0 Å². The first kappa shape index (κ1) is 14.2. The molecule has 2 atom stereocenters. The van der Waals surface area contributed by atoms with Crippen molar-refractivity contribution in [2.75, 3.05) is 6.54 Å². The van der Waals surface area contributed by atoms with Crippen LogP contribution >= 0.6 is 23.2 Å². The zero-order chi connectivity index (χ0) is 13.0. The maximum atomic E-state index is 10.7. The van der Waals surface area contributed by atoms with Gasteiger partial charge in [0.1, 0.15) is 17.4 Å². The summed E-state index contributed by atoms with van der Waals surface area (Å²) in [6.45, 7) is 1.26. The molecule has 0 bridgehead atoms. The second-order valence-electron chi connectivity index (χ2n) is 3.49. The number of rotatable bonds is 4. The lowest BCUT2D eigenvalue weighted by Crippen LogP contribution is -2.34. The highest BCUT2D eigenvalue weighted by Crippen LogP contribution is 2.24. The van der Waals surface area contributed by atoms with E-state index in [0.717, 1.165) is 0 Å². The molecule has 1 aromatic rings. The molecule has 1 heterocycles. The van der Waals surface area contributed by atoms with Gasteiger partial charge in [-0.25, -0.2) is 4.98 Å². The van der Waals surface area contributed by atoms with Gasteiger partial charge in [-0.3, -0.25) is 4.79 Å². The average Bonchev–Trinajstić information content (AvgIpc) is 2.28. The van der Waals surface area contributed by atoms with Gasteiger partial charge in [-0.05, 0) is 6.07 Å². The van der Waals surface area contributed by atoms with Gasteiger partial charge in [-0.15, -0.1) is 0 Å². The van der Waals surface area contributed by atoms with Gasteiger partial charge in [0.25, 0.3) is 0 Å². The Morgan fingerprint density at radius 3 is 2.71 bits per heavy atom. The zero-order valence-corrected chi connectivity index (χ0v) is 10.5. The quantitative estimate of drug-likeness (QED) is 0.716. The Kier molecular flexibility index (Phi) is 5.14. The second-order valence-corrected chi connectivity index (χ2v) is 4.26. The zero-order valence-electron chi connectivity index (χ0n) is 9.02. The van der Waals surface area contributed by atoms with Crippen LogP contribution in [0.2, 0.25) is 10.2 Å². The van der Waals surface area contributed by atoms with E-state index in [1.165, 1.54) is 19.2 Å². The van der Waals surface area contributed by atoms with Gasteiger partial charge in [-0.2, -0.15) is 0 Å². The molecule has 0 radical (unpaired) electrons. The maximum absolute atomic E-state index is 10.7. The lowest BCUT2D eigenvalue weighted by atomic mass is 10.1. The van der Waals surface area contributed by atoms with Crippen molar-refractivity contribution in [3.05, 3.63) is 28.0 Å². The largest absolute Gasteiger partial charge is 0.388 e. The van der Waals surface area contributed by atoms with E-state index < -0.39 is 12.2 Å². The molecule has 0 aliphatic carbocycles. The van der Waals surface area contributed by atoms with Crippen LogP contribution in [0.15, 0.2) is 12.3 Å². The molecule has 0 fully saturated rings. The lowest BCUT2D eigenvalue weighted by Gasteiger charge is -2.18. The Labute approximate surface area is 108 Å². The number of carbonyl (C=O) groups is 1. The molecule has 1 amide bonds. The van der Waals surface area contributed by atoms with E-state index in [1.54, 1.807) is 0 Å². The van der Waals surface area contributed by atoms with E-state index in [-0.39, 0.29) is 22.6 Å². The van der Waals surface area contributed by atoms with E-state index >= 15 is 0 Å². The summed E-state index contributed by atoms with van der Waals surface area (Å²) in [7, 11) is 0. The minimum atomic E-state index is -1.19. The Morgan fingerprint density at radius 2 is 2.18 bits per heavy atom. The number of nitrogens with one attached hydrogen (secondary N) is 1. The third-order valence-electron chi connectivity index (χ3n) is 2.08. The SMILES string of the molecule is CC(=O)NCC(O)C(O)c1cnc(Cl)c(Cl)c1. The van der Waals surface area contributed by atoms with Crippen LogP contribution in [0.1, 0.15) is 18.6 Å². The van der Waals surface area contributed by atoms with Gasteiger partial charge in [0.2, 0.25) is 5.91 Å². The molecular weight excluding hydrogens is 267 g/mol. The minimum Gasteiger partial charge on any atom is -0.388 e. The number of hydrogen-bond donors (Lipinski definition) is 3. The van der Waals surface area contributed by atoms with Gasteiger partial charge < -0.3 is 15.5 Å². The molecule has 94 valence electrons. The first-order chi connectivity index (χ1) is 7.91. The Bertz CT molecular complexity index is 415. The molecule has 7 heteroatoms. The summed E-state index contributed by atoms with van der Waals surface area (Å²) >= 11 is 11.4. The normalized spacial score (nSPS) is 14.2. The lowest BCUT2D eigenvalue weighted by molar-refractivity contribution is -0.119. The summed E-state index contributed by atoms with van der Waals surface area (Å²) in [5, 5.41) is 22.1. The van der Waals surface area contributed by atoms with Crippen LogP contribution in [0.25, 0.3) is 0 Å². The molecule has 3 N–H and O–H groups in total. The topological polar surface area (TPSA) is 82.5 Å². The van der Waals surface area contributed by atoms with Gasteiger partial charge >= 0.3 is 0 Å². The molecular formula is C10H12Cl2N2O3. The van der Waals surface area contributed by atoms with Gasteiger partial charge in [0.15, 0.2) is 0 Å². The van der Waals surface area contributed by atoms with Crippen LogP contribution in [0.3, 0.4) is 0 Å². The van der Waals surface area contributed by atoms with Gasteiger partial charge in [0, 0.05) is 25.2 Å². The number of nitrogens with zero attached hydrogens (tertiary/aromatic N) is 1. The number of carbonyl (C=O) groups excluding carboxylic acids is 1. The molecule has 2 unspecified atom stereocenters. The highest BCUT2D eigenvalue weighted by Gasteiger charge is 2.19. The predicted octanol–water partition coefficient (Wildman–Crippen LogP) is 0.919. The number of amides is 1. The smallest absolute Gasteiger partial charge is 0.216 e. The molecule has 0 aliphatic heterocycles. The average molecular weight is 279 g/mol. The fourth-order valence-electron chi connectivity index (χ4n) is 1.18. The van der Waals surface area contributed by atoms with Crippen molar-refractivity contribution >= 4 is 29.1 Å². The molecule has 17 heavy (non-hydrogen) atoms. The molecule has 0 aliphatic rings. The third-order valence-corrected chi connectivity index (χ3v) is 2.77. The predicted molar refractivity (Wildman–Crippen MR) is 63.9 cm³/mol. The van der Waals surface area contributed by atoms with Gasteiger partial charge in [0.05, 0.1) is 5.02 Å². The summed E-state index contributed by atoms with van der Waals surface area (Å²) in [6.07, 6.45) is -1.02. The van der Waals surface area contributed by atoms with E-state index in [0.29, 0.717) is 5.56 Å². The second kappa shape index (κ2) is 6.16. The highest BCUT2D eigenvalue weighted by molar-refractivity contribution is 6.41. The van der Waals surface area contributed by atoms with E-state index in [1.807, 2.05) is 0 Å². The monoisotopic (exact) mass is 278 g/mol. The van der Waals surface area contributed by atoms with Crippen molar-refractivity contribution in [3.8, 4) is 0 Å². The number of aromatic nitrogens is 1. The summed E-state index contributed by atoms with van der Waals surface area (Å²) in [5.41, 5.74) is 0.331. The number of halogens is 2. The van der Waals surface area contributed by atoms with Crippen molar-refractivity contribution in [2.24, 2.45) is 0 Å². The van der Waals surface area contributed by atoms with E-state index in [9.17, 15) is 15.0 Å². The van der Waals surface area contributed by atoms with Crippen molar-refractivity contribution in [1.29, 1.82) is 0 Å². The van der Waals surface area contributed by atoms with Gasteiger partial charge in [-0.1, -0.05) is 23.2 Å². The molecule has 1 rings (SSSR count). The molecule has 5 nitrogen and oxygen atoms in total. The maximum Gasteiger partial charge on any atom is 0.216 e. The standard InChI is InChI=1S/C10H12Cl2N2O3/c1-5(15)13-4-8(16)9(17)6-2-7(11)10(12)14-3-6/h2-3,8-9,16-17H,4H2,1H3,(H,13,15). The van der Waals surface area contributed by atoms with E-state index in [4.69, 9.17) is 23.2 Å². The van der Waals surface area contributed by atoms with Crippen molar-refractivity contribution in [2.45, 2.75) is 19.1 Å². The van der Waals surface area contributed by atoms with Crippen LogP contribution in [-0.4, -0.2) is 33.8 Å². The molecule has 0 aromatic carbocycles. The minimum absolute atomic E-state index is 0.0588. The summed E-state index contributed by atoms with van der Waals surface area (Å²) in [6, 6.07) is 1.42.